The van der Waals surface area contributed by atoms with Crippen molar-refractivity contribution in [3.8, 4) is 6.07 Å². The fourth-order valence-corrected chi connectivity index (χ4v) is 1.48. The maximum atomic E-state index is 9.35. The molecule has 3 atom stereocenters. The molecule has 1 saturated carbocycles. The Bertz CT molecular complexity index is 164. The van der Waals surface area contributed by atoms with Crippen LogP contribution in [0.5, 0.6) is 0 Å². The Morgan fingerprint density at radius 1 is 1.55 bits per heavy atom. The molecule has 0 aromatic carbocycles. The molecule has 0 radical (unpaired) electrons. The van der Waals surface area contributed by atoms with Gasteiger partial charge in [0.05, 0.1) is 18.3 Å². The molecule has 62 valence electrons. The van der Waals surface area contributed by atoms with Gasteiger partial charge in [-0.15, -0.1) is 0 Å². The second kappa shape index (κ2) is 3.70. The zero-order chi connectivity index (χ0) is 8.27. The summed E-state index contributed by atoms with van der Waals surface area (Å²) in [7, 11) is 1.58. The molecule has 0 saturated heterocycles. The number of ether oxygens (including phenoxy) is 1. The van der Waals surface area contributed by atoms with E-state index in [1.807, 2.05) is 0 Å². The second-order valence-electron chi connectivity index (χ2n) is 2.98. The van der Waals surface area contributed by atoms with E-state index in [9.17, 15) is 5.11 Å². The van der Waals surface area contributed by atoms with Gasteiger partial charge in [-0.3, -0.25) is 0 Å². The molecule has 3 nitrogen and oxygen atoms in total. The lowest BCUT2D eigenvalue weighted by atomic mass is 9.86. The van der Waals surface area contributed by atoms with E-state index in [0.29, 0.717) is 12.8 Å². The van der Waals surface area contributed by atoms with Gasteiger partial charge in [0.1, 0.15) is 0 Å². The first-order valence-corrected chi connectivity index (χ1v) is 3.88. The zero-order valence-electron chi connectivity index (χ0n) is 6.66. The summed E-state index contributed by atoms with van der Waals surface area (Å²) in [5, 5.41) is 18.0. The number of rotatable bonds is 1. The highest BCUT2D eigenvalue weighted by Gasteiger charge is 2.28. The number of nitriles is 1. The van der Waals surface area contributed by atoms with Gasteiger partial charge in [0.15, 0.2) is 0 Å². The average Bonchev–Trinajstić information content (AvgIpc) is 2.05. The number of hydrogen-bond donors (Lipinski definition) is 1. The Kier molecular flexibility index (Phi) is 2.86. The normalized spacial score (nSPS) is 38.1. The van der Waals surface area contributed by atoms with Crippen molar-refractivity contribution in [2.45, 2.75) is 31.5 Å². The molecule has 0 amide bonds. The van der Waals surface area contributed by atoms with Gasteiger partial charge in [-0.05, 0) is 19.3 Å². The third-order valence-electron chi connectivity index (χ3n) is 2.24. The predicted octanol–water partition coefficient (Wildman–Crippen LogP) is 0.686. The van der Waals surface area contributed by atoms with Crippen molar-refractivity contribution in [3.63, 3.8) is 0 Å². The van der Waals surface area contributed by atoms with Crippen molar-refractivity contribution < 1.29 is 9.84 Å². The Hall–Kier alpha value is -0.590. The van der Waals surface area contributed by atoms with Gasteiger partial charge in [-0.25, -0.2) is 0 Å². The highest BCUT2D eigenvalue weighted by Crippen LogP contribution is 2.25. The first-order valence-electron chi connectivity index (χ1n) is 3.88. The first-order chi connectivity index (χ1) is 5.27. The highest BCUT2D eigenvalue weighted by atomic mass is 16.5. The molecule has 3 heteroatoms. The van der Waals surface area contributed by atoms with Gasteiger partial charge in [0.25, 0.3) is 0 Å². The van der Waals surface area contributed by atoms with E-state index in [1.165, 1.54) is 0 Å². The monoisotopic (exact) mass is 155 g/mol. The Morgan fingerprint density at radius 3 is 2.82 bits per heavy atom. The van der Waals surface area contributed by atoms with Gasteiger partial charge in [0, 0.05) is 13.0 Å². The van der Waals surface area contributed by atoms with Crippen LogP contribution in [-0.4, -0.2) is 24.4 Å². The van der Waals surface area contributed by atoms with Crippen molar-refractivity contribution in [2.75, 3.05) is 7.11 Å². The molecule has 1 rings (SSSR count). The highest BCUT2D eigenvalue weighted by molar-refractivity contribution is 4.91. The maximum Gasteiger partial charge on any atom is 0.0842 e. The smallest absolute Gasteiger partial charge is 0.0842 e. The third kappa shape index (κ3) is 1.92. The molecule has 0 aromatic rings. The number of aliphatic hydroxyl groups excluding tert-OH is 1. The van der Waals surface area contributed by atoms with E-state index < -0.39 is 0 Å². The van der Waals surface area contributed by atoms with Crippen molar-refractivity contribution in [2.24, 2.45) is 5.92 Å². The zero-order valence-corrected chi connectivity index (χ0v) is 6.66. The summed E-state index contributed by atoms with van der Waals surface area (Å²) < 4.78 is 5.03. The summed E-state index contributed by atoms with van der Waals surface area (Å²) in [5.74, 6) is 0.0725. The molecule has 0 spiro atoms. The summed E-state index contributed by atoms with van der Waals surface area (Å²) in [6.45, 7) is 0. The lowest BCUT2D eigenvalue weighted by Crippen LogP contribution is -2.34. The molecular formula is C8H13NO2. The molecule has 1 fully saturated rings. The minimum atomic E-state index is -0.371. The molecule has 1 aliphatic rings. The van der Waals surface area contributed by atoms with E-state index in [1.54, 1.807) is 7.11 Å². The molecular weight excluding hydrogens is 142 g/mol. The molecule has 1 aliphatic carbocycles. The van der Waals surface area contributed by atoms with Crippen LogP contribution >= 0.6 is 0 Å². The summed E-state index contributed by atoms with van der Waals surface area (Å²) in [6, 6.07) is 2.20. The van der Waals surface area contributed by atoms with Gasteiger partial charge in [-0.1, -0.05) is 0 Å². The van der Waals surface area contributed by atoms with Gasteiger partial charge in [-0.2, -0.15) is 5.26 Å². The predicted molar refractivity (Wildman–Crippen MR) is 39.8 cm³/mol. The molecule has 0 bridgehead atoms. The summed E-state index contributed by atoms with van der Waals surface area (Å²) in [6.07, 6.45) is 1.67. The maximum absolute atomic E-state index is 9.35. The topological polar surface area (TPSA) is 53.2 Å². The second-order valence-corrected chi connectivity index (χ2v) is 2.98. The van der Waals surface area contributed by atoms with Crippen LogP contribution in [0.3, 0.4) is 0 Å². The van der Waals surface area contributed by atoms with Crippen LogP contribution < -0.4 is 0 Å². The van der Waals surface area contributed by atoms with Crippen LogP contribution in [-0.2, 0) is 4.74 Å². The van der Waals surface area contributed by atoms with Crippen LogP contribution in [0.1, 0.15) is 19.3 Å². The van der Waals surface area contributed by atoms with E-state index in [4.69, 9.17) is 10.00 Å². The van der Waals surface area contributed by atoms with Crippen LogP contribution in [0.2, 0.25) is 0 Å². The number of nitrogens with zero attached hydrogens (tertiary/aromatic N) is 1. The van der Waals surface area contributed by atoms with E-state index in [-0.39, 0.29) is 18.1 Å². The van der Waals surface area contributed by atoms with Gasteiger partial charge in [0.2, 0.25) is 0 Å². The van der Waals surface area contributed by atoms with Crippen molar-refractivity contribution >= 4 is 0 Å². The largest absolute Gasteiger partial charge is 0.390 e. The van der Waals surface area contributed by atoms with Crippen LogP contribution in [0, 0.1) is 17.2 Å². The molecule has 0 aromatic heterocycles. The van der Waals surface area contributed by atoms with Crippen molar-refractivity contribution in [1.82, 2.24) is 0 Å². The Labute approximate surface area is 66.6 Å². The van der Waals surface area contributed by atoms with Crippen LogP contribution in [0.15, 0.2) is 0 Å². The Morgan fingerprint density at radius 2 is 2.27 bits per heavy atom. The Balaban J connectivity index is 2.45. The lowest BCUT2D eigenvalue weighted by Gasteiger charge is -2.28. The van der Waals surface area contributed by atoms with Gasteiger partial charge >= 0.3 is 0 Å². The number of methoxy groups -OCH3 is 1. The van der Waals surface area contributed by atoms with Gasteiger partial charge < -0.3 is 9.84 Å². The summed E-state index contributed by atoms with van der Waals surface area (Å²) in [4.78, 5) is 0. The van der Waals surface area contributed by atoms with Crippen LogP contribution in [0.4, 0.5) is 0 Å². The minimum Gasteiger partial charge on any atom is -0.390 e. The fourth-order valence-electron chi connectivity index (χ4n) is 1.48. The third-order valence-corrected chi connectivity index (χ3v) is 2.24. The number of hydrogen-bond acceptors (Lipinski definition) is 3. The van der Waals surface area contributed by atoms with E-state index >= 15 is 0 Å². The number of aliphatic hydroxyl groups is 1. The molecule has 3 unspecified atom stereocenters. The minimum absolute atomic E-state index is 0.0725. The standard InChI is InChI=1S/C8H13NO2/c1-11-8-4-6(5-9)2-3-7(8)10/h6-8,10H,2-4H2,1H3. The van der Waals surface area contributed by atoms with E-state index in [2.05, 4.69) is 6.07 Å². The molecule has 11 heavy (non-hydrogen) atoms. The van der Waals surface area contributed by atoms with Crippen LogP contribution in [0.25, 0.3) is 0 Å². The molecule has 1 N–H and O–H groups in total. The van der Waals surface area contributed by atoms with Crippen molar-refractivity contribution in [1.29, 1.82) is 5.26 Å². The summed E-state index contributed by atoms with van der Waals surface area (Å²) >= 11 is 0. The SMILES string of the molecule is COC1CC(C#N)CCC1O. The lowest BCUT2D eigenvalue weighted by molar-refractivity contribution is -0.0440. The average molecular weight is 155 g/mol. The summed E-state index contributed by atoms with van der Waals surface area (Å²) in [5.41, 5.74) is 0. The van der Waals surface area contributed by atoms with E-state index in [0.717, 1.165) is 6.42 Å². The molecule has 0 aliphatic heterocycles. The molecule has 0 heterocycles. The first kappa shape index (κ1) is 8.51. The fraction of sp³-hybridized carbons (Fsp3) is 0.875. The van der Waals surface area contributed by atoms with Crippen molar-refractivity contribution in [3.05, 3.63) is 0 Å². The quantitative estimate of drug-likeness (QED) is 0.606.